The summed E-state index contributed by atoms with van der Waals surface area (Å²) in [5, 5.41) is 5.47. The van der Waals surface area contributed by atoms with E-state index >= 15 is 0 Å². The van der Waals surface area contributed by atoms with Crippen LogP contribution in [-0.2, 0) is 9.59 Å². The molecule has 2 aliphatic rings. The first-order valence-electron chi connectivity index (χ1n) is 8.97. The molecular weight excluding hydrogens is 336 g/mol. The molecular formula is C18H24N4O4. The maximum atomic E-state index is 12.8. The number of hydrogen-bond donors (Lipinski definition) is 2. The predicted molar refractivity (Wildman–Crippen MR) is 94.6 cm³/mol. The summed E-state index contributed by atoms with van der Waals surface area (Å²) in [5.41, 5.74) is -0.429. The Morgan fingerprint density at radius 2 is 2.15 bits per heavy atom. The van der Waals surface area contributed by atoms with Crippen molar-refractivity contribution in [3.63, 3.8) is 0 Å². The van der Waals surface area contributed by atoms with E-state index in [1.807, 2.05) is 6.92 Å². The van der Waals surface area contributed by atoms with E-state index in [0.717, 1.165) is 17.7 Å². The number of anilines is 1. The second kappa shape index (κ2) is 7.31. The molecule has 1 aromatic rings. The summed E-state index contributed by atoms with van der Waals surface area (Å²) in [6.45, 7) is 4.04. The number of urea groups is 1. The molecule has 140 valence electrons. The minimum absolute atomic E-state index is 0.304. The van der Waals surface area contributed by atoms with Gasteiger partial charge in [-0.15, -0.1) is 0 Å². The molecule has 8 heteroatoms. The summed E-state index contributed by atoms with van der Waals surface area (Å²) < 4.78 is 5.36. The highest BCUT2D eigenvalue weighted by Crippen LogP contribution is 2.36. The van der Waals surface area contributed by atoms with Gasteiger partial charge in [-0.3, -0.25) is 14.5 Å². The van der Waals surface area contributed by atoms with Gasteiger partial charge in [0.2, 0.25) is 11.8 Å². The van der Waals surface area contributed by atoms with Gasteiger partial charge in [-0.25, -0.2) is 9.78 Å². The number of carbonyl (C=O) groups excluding carboxylic acids is 3. The van der Waals surface area contributed by atoms with Crippen molar-refractivity contribution in [2.75, 3.05) is 18.5 Å². The normalized spacial score (nSPS) is 25.3. The van der Waals surface area contributed by atoms with Crippen LogP contribution < -0.4 is 15.4 Å². The van der Waals surface area contributed by atoms with Crippen molar-refractivity contribution in [2.24, 2.45) is 5.92 Å². The average molecular weight is 360 g/mol. The van der Waals surface area contributed by atoms with Crippen LogP contribution in [0.2, 0.25) is 0 Å². The van der Waals surface area contributed by atoms with Crippen LogP contribution in [0, 0.1) is 5.92 Å². The fourth-order valence-electron chi connectivity index (χ4n) is 3.48. The number of amides is 4. The first-order valence-corrected chi connectivity index (χ1v) is 8.97. The second-order valence-corrected chi connectivity index (χ2v) is 6.92. The average Bonchev–Trinajstić information content (AvgIpc) is 2.84. The molecule has 1 aliphatic carbocycles. The number of aromatic nitrogens is 1. The first-order chi connectivity index (χ1) is 12.4. The highest BCUT2D eigenvalue weighted by atomic mass is 16.5. The van der Waals surface area contributed by atoms with Crippen molar-refractivity contribution in [1.82, 2.24) is 15.2 Å². The van der Waals surface area contributed by atoms with Crippen molar-refractivity contribution >= 4 is 23.5 Å². The second-order valence-electron chi connectivity index (χ2n) is 6.92. The molecule has 2 fully saturated rings. The zero-order valence-electron chi connectivity index (χ0n) is 15.1. The summed E-state index contributed by atoms with van der Waals surface area (Å²) in [6, 6.07) is 2.83. The molecule has 4 amide bonds. The number of rotatable bonds is 5. The molecule has 1 spiro atoms. The standard InChI is InChI=1S/C18H24N4O4/c1-3-26-15-13(5-4-10-19-15)20-14(23)11-22-16(24)18(21-17(22)25)8-6-12(2)7-9-18/h4-5,10,12H,3,6-9,11H2,1-2H3,(H,20,23)(H,21,25). The van der Waals surface area contributed by atoms with E-state index in [1.54, 1.807) is 18.3 Å². The number of ether oxygens (including phenoxy) is 1. The van der Waals surface area contributed by atoms with Gasteiger partial charge in [-0.2, -0.15) is 0 Å². The van der Waals surface area contributed by atoms with E-state index in [-0.39, 0.29) is 12.5 Å². The summed E-state index contributed by atoms with van der Waals surface area (Å²) in [7, 11) is 0. The molecule has 26 heavy (non-hydrogen) atoms. The van der Waals surface area contributed by atoms with Gasteiger partial charge in [0.15, 0.2) is 0 Å². The topological polar surface area (TPSA) is 101 Å². The van der Waals surface area contributed by atoms with Crippen LogP contribution in [0.25, 0.3) is 0 Å². The Labute approximate surface area is 152 Å². The number of hydrogen-bond acceptors (Lipinski definition) is 5. The van der Waals surface area contributed by atoms with E-state index in [2.05, 4.69) is 22.5 Å². The molecule has 0 unspecified atom stereocenters. The number of carbonyl (C=O) groups is 3. The van der Waals surface area contributed by atoms with Crippen molar-refractivity contribution in [3.8, 4) is 5.88 Å². The number of nitrogens with one attached hydrogen (secondary N) is 2. The fourth-order valence-corrected chi connectivity index (χ4v) is 3.48. The molecule has 0 bridgehead atoms. The van der Waals surface area contributed by atoms with E-state index in [4.69, 9.17) is 4.74 Å². The van der Waals surface area contributed by atoms with Gasteiger partial charge in [0.1, 0.15) is 17.8 Å². The summed E-state index contributed by atoms with van der Waals surface area (Å²) in [4.78, 5) is 42.5. The van der Waals surface area contributed by atoms with E-state index in [1.165, 1.54) is 0 Å². The van der Waals surface area contributed by atoms with Gasteiger partial charge >= 0.3 is 6.03 Å². The zero-order valence-corrected chi connectivity index (χ0v) is 15.1. The first kappa shape index (κ1) is 18.2. The number of pyridine rings is 1. The molecule has 1 aliphatic heterocycles. The lowest BCUT2D eigenvalue weighted by Gasteiger charge is -2.33. The van der Waals surface area contributed by atoms with Crippen molar-refractivity contribution in [3.05, 3.63) is 18.3 Å². The molecule has 1 aromatic heterocycles. The number of nitrogens with zero attached hydrogens (tertiary/aromatic N) is 2. The maximum Gasteiger partial charge on any atom is 0.325 e. The largest absolute Gasteiger partial charge is 0.476 e. The zero-order chi connectivity index (χ0) is 18.7. The highest BCUT2D eigenvalue weighted by molar-refractivity contribution is 6.10. The maximum absolute atomic E-state index is 12.8. The molecule has 0 atom stereocenters. The van der Waals surface area contributed by atoms with Crippen LogP contribution in [0.5, 0.6) is 5.88 Å². The molecule has 1 saturated carbocycles. The number of imide groups is 1. The molecule has 8 nitrogen and oxygen atoms in total. The van der Waals surface area contributed by atoms with Crippen LogP contribution >= 0.6 is 0 Å². The van der Waals surface area contributed by atoms with Crippen molar-refractivity contribution < 1.29 is 19.1 Å². The predicted octanol–water partition coefficient (Wildman–Crippen LogP) is 1.92. The van der Waals surface area contributed by atoms with Gasteiger partial charge in [0.25, 0.3) is 5.91 Å². The molecule has 3 rings (SSSR count). The van der Waals surface area contributed by atoms with Crippen LogP contribution in [0.1, 0.15) is 39.5 Å². The van der Waals surface area contributed by atoms with Crippen LogP contribution in [0.3, 0.4) is 0 Å². The monoisotopic (exact) mass is 360 g/mol. The lowest BCUT2D eigenvalue weighted by molar-refractivity contribution is -0.135. The van der Waals surface area contributed by atoms with Gasteiger partial charge in [0.05, 0.1) is 6.61 Å². The smallest absolute Gasteiger partial charge is 0.325 e. The van der Waals surface area contributed by atoms with Gasteiger partial charge in [-0.1, -0.05) is 6.92 Å². The molecule has 2 N–H and O–H groups in total. The Hall–Kier alpha value is -2.64. The van der Waals surface area contributed by atoms with E-state index < -0.39 is 17.5 Å². The third-order valence-electron chi connectivity index (χ3n) is 5.00. The van der Waals surface area contributed by atoms with Gasteiger partial charge in [-0.05, 0) is 50.7 Å². The third-order valence-corrected chi connectivity index (χ3v) is 5.00. The van der Waals surface area contributed by atoms with Crippen molar-refractivity contribution in [2.45, 2.75) is 45.1 Å². The van der Waals surface area contributed by atoms with Gasteiger partial charge < -0.3 is 15.4 Å². The minimum Gasteiger partial charge on any atom is -0.476 e. The van der Waals surface area contributed by atoms with Gasteiger partial charge in [0, 0.05) is 6.20 Å². The Bertz CT molecular complexity index is 713. The third kappa shape index (κ3) is 3.49. The lowest BCUT2D eigenvalue weighted by atomic mass is 9.77. The van der Waals surface area contributed by atoms with Crippen LogP contribution in [0.15, 0.2) is 18.3 Å². The minimum atomic E-state index is -0.839. The van der Waals surface area contributed by atoms with Crippen molar-refractivity contribution in [1.29, 1.82) is 0 Å². The SMILES string of the molecule is CCOc1ncccc1NC(=O)CN1C(=O)NC2(CCC(C)CC2)C1=O. The molecule has 2 heterocycles. The van der Waals surface area contributed by atoms with Crippen LogP contribution in [-0.4, -0.2) is 46.4 Å². The quantitative estimate of drug-likeness (QED) is 0.781. The Morgan fingerprint density at radius 1 is 1.42 bits per heavy atom. The molecule has 1 saturated heterocycles. The summed E-state index contributed by atoms with van der Waals surface area (Å²) in [6.07, 6.45) is 4.58. The van der Waals surface area contributed by atoms with Crippen LogP contribution in [0.4, 0.5) is 10.5 Å². The lowest BCUT2D eigenvalue weighted by Crippen LogP contribution is -2.49. The van der Waals surface area contributed by atoms with E-state index in [9.17, 15) is 14.4 Å². The Kier molecular flexibility index (Phi) is 5.11. The summed E-state index contributed by atoms with van der Waals surface area (Å²) >= 11 is 0. The fraction of sp³-hybridized carbons (Fsp3) is 0.556. The Morgan fingerprint density at radius 3 is 2.85 bits per heavy atom. The molecule has 0 aromatic carbocycles. The summed E-state index contributed by atoms with van der Waals surface area (Å²) in [5.74, 6) is 0.0768. The Balaban J connectivity index is 1.66. The highest BCUT2D eigenvalue weighted by Gasteiger charge is 2.52. The van der Waals surface area contributed by atoms with E-state index in [0.29, 0.717) is 36.9 Å². The molecule has 0 radical (unpaired) electrons.